The number of rotatable bonds is 53. The number of benzene rings is 1. The summed E-state index contributed by atoms with van der Waals surface area (Å²) >= 11 is 13.7. The van der Waals surface area contributed by atoms with Gasteiger partial charge in [0.25, 0.3) is 0 Å². The van der Waals surface area contributed by atoms with Crippen LogP contribution in [0.1, 0.15) is 344 Å². The van der Waals surface area contributed by atoms with Gasteiger partial charge in [-0.3, -0.25) is 0 Å². The number of nitrogens with zero attached hydrogens (tertiary/aromatic N) is 2. The molecule has 2 unspecified atom stereocenters. The van der Waals surface area contributed by atoms with E-state index in [1.807, 2.05) is 22.7 Å². The van der Waals surface area contributed by atoms with E-state index in [2.05, 4.69) is 123 Å². The van der Waals surface area contributed by atoms with Crippen molar-refractivity contribution in [1.82, 2.24) is 8.75 Å². The lowest BCUT2D eigenvalue weighted by Crippen LogP contribution is -2.01. The van der Waals surface area contributed by atoms with Crippen LogP contribution in [-0.4, -0.2) is 8.75 Å². The van der Waals surface area contributed by atoms with Gasteiger partial charge in [0.05, 0.1) is 39.9 Å². The summed E-state index contributed by atoms with van der Waals surface area (Å²) in [5.74, 6) is 1.94. The SMILES string of the molecule is CCCCCCCCCCC(CCCCCCCC)CCCCCCCCc1c(C)sc2c1sc1c3sc(-c4ccc(-c5ccc(-c6ccc(C)s6)c6nsnc56)s4)c(CCCCCCCCC(CCCCCCCC)CCCCCCCCCC)c3sc21. The van der Waals surface area contributed by atoms with Gasteiger partial charge in [0.15, 0.2) is 0 Å². The molecule has 494 valence electrons. The van der Waals surface area contributed by atoms with Crippen molar-refractivity contribution < 1.29 is 0 Å². The lowest BCUT2D eigenvalue weighted by Gasteiger charge is -2.17. The second kappa shape index (κ2) is 42.5. The van der Waals surface area contributed by atoms with Gasteiger partial charge in [0, 0.05) is 40.4 Å². The fourth-order valence-electron chi connectivity index (χ4n) is 14.6. The summed E-state index contributed by atoms with van der Waals surface area (Å²) in [7, 11) is 0. The van der Waals surface area contributed by atoms with Crippen molar-refractivity contribution in [3.63, 3.8) is 0 Å². The molecule has 7 aromatic heterocycles. The zero-order valence-corrected chi connectivity index (χ0v) is 63.0. The summed E-state index contributed by atoms with van der Waals surface area (Å²) in [5.41, 5.74) is 7.82. The van der Waals surface area contributed by atoms with Crippen molar-refractivity contribution in [2.45, 2.75) is 350 Å². The van der Waals surface area contributed by atoms with Crippen molar-refractivity contribution in [2.75, 3.05) is 0 Å². The molecule has 2 nitrogen and oxygen atoms in total. The molecule has 8 rings (SSSR count). The fraction of sp³-hybridized carbons (Fsp3) is 0.700. The molecule has 0 N–H and O–H groups in total. The molecule has 0 amide bonds. The molecular weight excluding hydrogens is 1210 g/mol. The minimum Gasteiger partial charge on any atom is -0.172 e. The summed E-state index contributed by atoms with van der Waals surface area (Å²) in [6, 6.07) is 13.9. The molecule has 2 atom stereocenters. The maximum Gasteiger partial charge on any atom is 0.114 e. The molecular formula is C80H122N2S7. The molecule has 0 aliphatic carbocycles. The molecule has 0 saturated heterocycles. The first-order valence-corrected chi connectivity index (χ1v) is 43.4. The summed E-state index contributed by atoms with van der Waals surface area (Å²) in [5, 5.41) is 0. The Morgan fingerprint density at radius 1 is 0.292 bits per heavy atom. The summed E-state index contributed by atoms with van der Waals surface area (Å²) in [4.78, 5) is 8.45. The maximum atomic E-state index is 4.94. The highest BCUT2D eigenvalue weighted by molar-refractivity contribution is 7.45. The smallest absolute Gasteiger partial charge is 0.114 e. The Labute approximate surface area is 572 Å². The molecule has 0 fully saturated rings. The van der Waals surface area contributed by atoms with Gasteiger partial charge in [-0.2, -0.15) is 8.75 Å². The summed E-state index contributed by atoms with van der Waals surface area (Å²) in [6.45, 7) is 14.0. The molecule has 9 heteroatoms. The second-order valence-corrected chi connectivity index (χ2v) is 34.8. The third-order valence-corrected chi connectivity index (χ3v) is 28.6. The van der Waals surface area contributed by atoms with E-state index in [1.165, 1.54) is 355 Å². The number of hydrogen-bond donors (Lipinski definition) is 0. The molecule has 8 aromatic rings. The number of aryl methyl sites for hydroxylation is 4. The molecule has 0 radical (unpaired) electrons. The Morgan fingerprint density at radius 3 is 1.02 bits per heavy atom. The lowest BCUT2D eigenvalue weighted by molar-refractivity contribution is 0.365. The van der Waals surface area contributed by atoms with Crippen molar-refractivity contribution in [3.05, 3.63) is 57.3 Å². The molecule has 0 bridgehead atoms. The van der Waals surface area contributed by atoms with Crippen LogP contribution in [0.3, 0.4) is 0 Å². The normalized spacial score (nSPS) is 12.9. The van der Waals surface area contributed by atoms with E-state index in [0.29, 0.717) is 0 Å². The number of unbranched alkanes of at least 4 members (excludes halogenated alkanes) is 34. The van der Waals surface area contributed by atoms with Gasteiger partial charge >= 0.3 is 0 Å². The fourth-order valence-corrected chi connectivity index (χ4v) is 23.4. The first-order chi connectivity index (χ1) is 43.9. The van der Waals surface area contributed by atoms with Gasteiger partial charge in [0.1, 0.15) is 11.0 Å². The van der Waals surface area contributed by atoms with Gasteiger partial charge in [-0.05, 0) is 86.8 Å². The Morgan fingerprint density at radius 2 is 0.618 bits per heavy atom. The Balaban J connectivity index is 0.875. The predicted molar refractivity (Wildman–Crippen MR) is 412 cm³/mol. The zero-order chi connectivity index (χ0) is 62.1. The molecule has 0 aliphatic heterocycles. The van der Waals surface area contributed by atoms with Crippen LogP contribution in [0.15, 0.2) is 36.4 Å². The van der Waals surface area contributed by atoms with Crippen LogP contribution in [0.25, 0.3) is 69.9 Å². The number of thiophene rings is 6. The largest absolute Gasteiger partial charge is 0.172 e. The average molecular weight is 1340 g/mol. The highest BCUT2D eigenvalue weighted by Crippen LogP contribution is 2.55. The van der Waals surface area contributed by atoms with Crippen LogP contribution in [0.2, 0.25) is 0 Å². The van der Waals surface area contributed by atoms with E-state index < -0.39 is 0 Å². The monoisotopic (exact) mass is 1330 g/mol. The van der Waals surface area contributed by atoms with Crippen molar-refractivity contribution in [1.29, 1.82) is 0 Å². The molecule has 7 heterocycles. The molecule has 89 heavy (non-hydrogen) atoms. The first-order valence-electron chi connectivity index (χ1n) is 37.7. The summed E-state index contributed by atoms with van der Waals surface area (Å²) < 4.78 is 19.3. The van der Waals surface area contributed by atoms with Crippen LogP contribution in [0.4, 0.5) is 0 Å². The van der Waals surface area contributed by atoms with E-state index in [-0.39, 0.29) is 0 Å². The third kappa shape index (κ3) is 23.4. The predicted octanol–water partition coefficient (Wildman–Crippen LogP) is 31.5. The van der Waals surface area contributed by atoms with E-state index in [4.69, 9.17) is 8.75 Å². The van der Waals surface area contributed by atoms with Gasteiger partial charge < -0.3 is 0 Å². The molecule has 1 aromatic carbocycles. The van der Waals surface area contributed by atoms with Crippen LogP contribution in [0, 0.1) is 25.7 Å². The Kier molecular flexibility index (Phi) is 34.7. The number of aromatic nitrogens is 2. The Hall–Kier alpha value is -1.98. The minimum absolute atomic E-state index is 0.963. The first kappa shape index (κ1) is 72.8. The second-order valence-electron chi connectivity index (χ2n) is 27.6. The van der Waals surface area contributed by atoms with E-state index >= 15 is 0 Å². The van der Waals surface area contributed by atoms with Crippen LogP contribution in [0.5, 0.6) is 0 Å². The highest BCUT2D eigenvalue weighted by Gasteiger charge is 2.25. The summed E-state index contributed by atoms with van der Waals surface area (Å²) in [6.07, 6.45) is 68.4. The third-order valence-electron chi connectivity index (χ3n) is 20.1. The average Bonchev–Trinajstić information content (AvgIpc) is 1.58. The van der Waals surface area contributed by atoms with Crippen molar-refractivity contribution >= 4 is 119 Å². The topological polar surface area (TPSA) is 25.8 Å². The van der Waals surface area contributed by atoms with E-state index in [9.17, 15) is 0 Å². The van der Waals surface area contributed by atoms with Crippen molar-refractivity contribution in [3.8, 4) is 30.6 Å². The van der Waals surface area contributed by atoms with Gasteiger partial charge in [-0.25, -0.2) is 0 Å². The quantitative estimate of drug-likeness (QED) is 0.0355. The van der Waals surface area contributed by atoms with Crippen molar-refractivity contribution in [2.24, 2.45) is 11.8 Å². The lowest BCUT2D eigenvalue weighted by atomic mass is 9.89. The van der Waals surface area contributed by atoms with Crippen LogP contribution in [-0.2, 0) is 12.8 Å². The Bertz CT molecular complexity index is 3130. The van der Waals surface area contributed by atoms with Gasteiger partial charge in [-0.15, -0.1) is 68.0 Å². The number of fused-ring (bicyclic) bond motifs is 6. The van der Waals surface area contributed by atoms with Gasteiger partial charge in [0.2, 0.25) is 0 Å². The van der Waals surface area contributed by atoms with Gasteiger partial charge in [-0.1, -0.05) is 322 Å². The van der Waals surface area contributed by atoms with Crippen LogP contribution >= 0.6 is 79.7 Å². The number of hydrogen-bond acceptors (Lipinski definition) is 9. The molecule has 0 saturated carbocycles. The standard InChI is InChI=1S/C80H122N2S7/c1-7-11-15-19-23-25-33-41-49-63(47-39-31-21-17-13-9-3)51-43-35-27-29-37-45-53-65-62(6)84-77-75(65)87-80-78-76(88-79(77)80)68(54-46-38-30-28-36-44-52-64(48-40-32-22-18-14-10-4)50-42-34-26-24-20-16-12-8-2)74(86-78)71-60-59-70(85-71)67-57-56-66(69-58-55-61(5)83-69)72-73(67)82-89-81-72/h55-60,63-64H,7-54H2,1-6H3. The molecule has 0 spiro atoms. The maximum absolute atomic E-state index is 4.94. The molecule has 0 aliphatic rings. The minimum atomic E-state index is 0.963. The van der Waals surface area contributed by atoms with E-state index in [0.717, 1.165) is 22.9 Å². The highest BCUT2D eigenvalue weighted by atomic mass is 32.1. The van der Waals surface area contributed by atoms with Crippen LogP contribution < -0.4 is 0 Å². The zero-order valence-electron chi connectivity index (χ0n) is 57.3. The van der Waals surface area contributed by atoms with E-state index in [1.54, 1.807) is 44.2 Å².